The first-order valence-corrected chi connectivity index (χ1v) is 6.51. The summed E-state index contributed by atoms with van der Waals surface area (Å²) < 4.78 is 6.12. The maximum Gasteiger partial charge on any atom is 0.289 e. The molecule has 20 heavy (non-hydrogen) atoms. The van der Waals surface area contributed by atoms with Gasteiger partial charge in [0, 0.05) is 24.6 Å². The van der Waals surface area contributed by atoms with Crippen LogP contribution >= 0.6 is 0 Å². The highest BCUT2D eigenvalue weighted by atomic mass is 16.5. The standard InChI is InChI=1S/C13H14N4O3/c18-12-4-3-10(9-1-2-9)16-17(12)8-7-14-13(19)11-5-6-15-20-11/h3-6,9H,1-2,7-8H2,(H,14,19). The minimum atomic E-state index is -0.353. The number of nitrogens with one attached hydrogen (secondary N) is 1. The molecule has 0 aromatic carbocycles. The predicted molar refractivity (Wildman–Crippen MR) is 69.3 cm³/mol. The number of hydrogen-bond donors (Lipinski definition) is 1. The maximum absolute atomic E-state index is 11.7. The van der Waals surface area contributed by atoms with E-state index in [1.807, 2.05) is 0 Å². The van der Waals surface area contributed by atoms with E-state index < -0.39 is 0 Å². The fourth-order valence-corrected chi connectivity index (χ4v) is 1.92. The van der Waals surface area contributed by atoms with E-state index in [9.17, 15) is 9.59 Å². The molecule has 7 nitrogen and oxygen atoms in total. The van der Waals surface area contributed by atoms with Gasteiger partial charge in [-0.25, -0.2) is 4.68 Å². The molecule has 3 rings (SSSR count). The van der Waals surface area contributed by atoms with Gasteiger partial charge in [-0.15, -0.1) is 0 Å². The first-order chi connectivity index (χ1) is 9.74. The maximum atomic E-state index is 11.7. The van der Waals surface area contributed by atoms with Crippen LogP contribution in [0, 0.1) is 0 Å². The molecule has 0 saturated heterocycles. The van der Waals surface area contributed by atoms with Crippen molar-refractivity contribution in [1.29, 1.82) is 0 Å². The van der Waals surface area contributed by atoms with Crippen molar-refractivity contribution in [2.75, 3.05) is 6.54 Å². The Balaban J connectivity index is 1.59. The summed E-state index contributed by atoms with van der Waals surface area (Å²) in [6, 6.07) is 4.79. The highest BCUT2D eigenvalue weighted by Crippen LogP contribution is 2.38. The van der Waals surface area contributed by atoms with E-state index in [0.29, 0.717) is 19.0 Å². The van der Waals surface area contributed by atoms with Crippen molar-refractivity contribution >= 4 is 5.91 Å². The van der Waals surface area contributed by atoms with Crippen molar-refractivity contribution in [3.8, 4) is 0 Å². The van der Waals surface area contributed by atoms with Crippen LogP contribution in [0.5, 0.6) is 0 Å². The number of rotatable bonds is 5. The van der Waals surface area contributed by atoms with Gasteiger partial charge in [0.2, 0.25) is 5.76 Å². The van der Waals surface area contributed by atoms with Gasteiger partial charge in [-0.1, -0.05) is 5.16 Å². The Kier molecular flexibility index (Phi) is 3.32. The topological polar surface area (TPSA) is 90.0 Å². The van der Waals surface area contributed by atoms with Gasteiger partial charge in [-0.3, -0.25) is 9.59 Å². The van der Waals surface area contributed by atoms with Crippen molar-refractivity contribution in [1.82, 2.24) is 20.3 Å². The minimum absolute atomic E-state index is 0.150. The third-order valence-corrected chi connectivity index (χ3v) is 3.15. The molecule has 1 fully saturated rings. The fourth-order valence-electron chi connectivity index (χ4n) is 1.92. The van der Waals surface area contributed by atoms with Gasteiger partial charge in [0.1, 0.15) is 0 Å². The van der Waals surface area contributed by atoms with Crippen LogP contribution in [0.25, 0.3) is 0 Å². The number of aromatic nitrogens is 3. The molecule has 7 heteroatoms. The molecule has 0 radical (unpaired) electrons. The zero-order valence-corrected chi connectivity index (χ0v) is 10.8. The number of carbonyl (C=O) groups excluding carboxylic acids is 1. The van der Waals surface area contributed by atoms with Crippen LogP contribution in [0.15, 0.2) is 33.7 Å². The number of hydrogen-bond acceptors (Lipinski definition) is 5. The van der Waals surface area contributed by atoms with Crippen LogP contribution in [-0.2, 0) is 6.54 Å². The van der Waals surface area contributed by atoms with E-state index in [2.05, 4.69) is 15.6 Å². The summed E-state index contributed by atoms with van der Waals surface area (Å²) in [6.45, 7) is 0.639. The van der Waals surface area contributed by atoms with Crippen LogP contribution in [0.4, 0.5) is 0 Å². The summed E-state index contributed by atoms with van der Waals surface area (Å²) >= 11 is 0. The molecule has 2 aromatic rings. The van der Waals surface area contributed by atoms with Gasteiger partial charge in [0.25, 0.3) is 11.5 Å². The van der Waals surface area contributed by atoms with Gasteiger partial charge in [-0.05, 0) is 18.9 Å². The average Bonchev–Trinajstić information content (AvgIpc) is 3.15. The van der Waals surface area contributed by atoms with Crippen molar-refractivity contribution in [2.24, 2.45) is 0 Å². The van der Waals surface area contributed by atoms with Crippen molar-refractivity contribution in [2.45, 2.75) is 25.3 Å². The van der Waals surface area contributed by atoms with Gasteiger partial charge in [0.15, 0.2) is 0 Å². The lowest BCUT2D eigenvalue weighted by atomic mass is 10.3. The lowest BCUT2D eigenvalue weighted by Crippen LogP contribution is -2.32. The number of amides is 1. The molecule has 0 aliphatic heterocycles. The summed E-state index contributed by atoms with van der Waals surface area (Å²) in [5.74, 6) is 0.288. The van der Waals surface area contributed by atoms with Crippen LogP contribution in [0.2, 0.25) is 0 Å². The van der Waals surface area contributed by atoms with Crippen LogP contribution in [0.3, 0.4) is 0 Å². The quantitative estimate of drug-likeness (QED) is 0.859. The normalized spacial score (nSPS) is 14.2. The molecule has 2 heterocycles. The predicted octanol–water partition coefficient (Wildman–Crippen LogP) is 0.539. The Morgan fingerprint density at radius 2 is 2.25 bits per heavy atom. The molecule has 104 valence electrons. The summed E-state index contributed by atoms with van der Waals surface area (Å²) in [5.41, 5.74) is 0.787. The Morgan fingerprint density at radius 1 is 1.40 bits per heavy atom. The molecule has 0 atom stereocenters. The first kappa shape index (κ1) is 12.6. The summed E-state index contributed by atoms with van der Waals surface area (Å²) in [5, 5.41) is 10.4. The molecule has 1 amide bonds. The molecule has 0 spiro atoms. The molecule has 1 aliphatic carbocycles. The van der Waals surface area contributed by atoms with Gasteiger partial charge >= 0.3 is 0 Å². The van der Waals surface area contributed by atoms with Gasteiger partial charge in [-0.2, -0.15) is 5.10 Å². The average molecular weight is 274 g/mol. The number of carbonyl (C=O) groups is 1. The fraction of sp³-hybridized carbons (Fsp3) is 0.385. The molecule has 1 saturated carbocycles. The van der Waals surface area contributed by atoms with E-state index in [0.717, 1.165) is 18.5 Å². The van der Waals surface area contributed by atoms with Crippen molar-refractivity contribution in [3.05, 3.63) is 46.2 Å². The van der Waals surface area contributed by atoms with Crippen LogP contribution in [0.1, 0.15) is 35.0 Å². The molecule has 1 aliphatic rings. The van der Waals surface area contributed by atoms with E-state index in [4.69, 9.17) is 4.52 Å². The van der Waals surface area contributed by atoms with E-state index in [-0.39, 0.29) is 17.2 Å². The molecule has 1 N–H and O–H groups in total. The monoisotopic (exact) mass is 274 g/mol. The van der Waals surface area contributed by atoms with E-state index in [1.54, 1.807) is 6.07 Å². The Morgan fingerprint density at radius 3 is 2.95 bits per heavy atom. The molecule has 2 aromatic heterocycles. The first-order valence-electron chi connectivity index (χ1n) is 6.51. The Bertz CT molecular complexity index is 659. The van der Waals surface area contributed by atoms with Crippen LogP contribution in [-0.4, -0.2) is 27.4 Å². The Labute approximate surface area is 114 Å². The summed E-state index contributed by atoms with van der Waals surface area (Å²) in [4.78, 5) is 23.3. The lowest BCUT2D eigenvalue weighted by molar-refractivity contribution is 0.0915. The van der Waals surface area contributed by atoms with Gasteiger partial charge in [0.05, 0.1) is 18.4 Å². The van der Waals surface area contributed by atoms with E-state index >= 15 is 0 Å². The van der Waals surface area contributed by atoms with Crippen molar-refractivity contribution in [3.63, 3.8) is 0 Å². The van der Waals surface area contributed by atoms with Gasteiger partial charge < -0.3 is 9.84 Å². The zero-order chi connectivity index (χ0) is 13.9. The third-order valence-electron chi connectivity index (χ3n) is 3.15. The van der Waals surface area contributed by atoms with Crippen molar-refractivity contribution < 1.29 is 9.32 Å². The summed E-state index contributed by atoms with van der Waals surface area (Å²) in [7, 11) is 0. The molecular formula is C13H14N4O3. The largest absolute Gasteiger partial charge is 0.351 e. The second-order valence-electron chi connectivity index (χ2n) is 4.73. The van der Waals surface area contributed by atoms with E-state index in [1.165, 1.54) is 23.0 Å². The second-order valence-corrected chi connectivity index (χ2v) is 4.73. The summed E-state index contributed by atoms with van der Waals surface area (Å²) in [6.07, 6.45) is 3.67. The SMILES string of the molecule is O=C(NCCn1nc(C2CC2)ccc1=O)c1ccno1. The second kappa shape index (κ2) is 5.28. The highest BCUT2D eigenvalue weighted by Gasteiger charge is 2.25. The number of nitrogens with zero attached hydrogens (tertiary/aromatic N) is 3. The Hall–Kier alpha value is -2.44. The third kappa shape index (κ3) is 2.76. The van der Waals surface area contributed by atoms with Crippen LogP contribution < -0.4 is 10.9 Å². The molecule has 0 bridgehead atoms. The zero-order valence-electron chi connectivity index (χ0n) is 10.8. The smallest absolute Gasteiger partial charge is 0.289 e. The highest BCUT2D eigenvalue weighted by molar-refractivity contribution is 5.91. The molecule has 0 unspecified atom stereocenters. The molecular weight excluding hydrogens is 260 g/mol. The minimum Gasteiger partial charge on any atom is -0.351 e. The lowest BCUT2D eigenvalue weighted by Gasteiger charge is -2.07.